The molecular formula is C30H29N5O3S. The van der Waals surface area contributed by atoms with Gasteiger partial charge in [-0.15, -0.1) is 0 Å². The van der Waals surface area contributed by atoms with E-state index < -0.39 is 11.3 Å². The lowest BCUT2D eigenvalue weighted by Gasteiger charge is -2.27. The Bertz CT molecular complexity index is 1470. The first-order valence-corrected chi connectivity index (χ1v) is 13.8. The van der Waals surface area contributed by atoms with Crippen molar-refractivity contribution < 1.29 is 14.4 Å². The Morgan fingerprint density at radius 2 is 1.79 bits per heavy atom. The number of anilines is 1. The second-order valence-electron chi connectivity index (χ2n) is 9.39. The fourth-order valence-electron chi connectivity index (χ4n) is 4.45. The molecular weight excluding hydrogens is 510 g/mol. The molecule has 5 rings (SSSR count). The molecule has 0 spiro atoms. The van der Waals surface area contributed by atoms with Gasteiger partial charge in [0.05, 0.1) is 17.4 Å². The topological polar surface area (TPSA) is 103 Å². The van der Waals surface area contributed by atoms with E-state index in [0.29, 0.717) is 29.7 Å². The summed E-state index contributed by atoms with van der Waals surface area (Å²) in [4.78, 5) is 50.3. The minimum Gasteiger partial charge on any atom is -0.352 e. The Morgan fingerprint density at radius 1 is 1.03 bits per heavy atom. The predicted octanol–water partition coefficient (Wildman–Crippen LogP) is 4.81. The monoisotopic (exact) mass is 539 g/mol. The summed E-state index contributed by atoms with van der Waals surface area (Å²) in [6.07, 6.45) is 0.458. The zero-order valence-electron chi connectivity index (χ0n) is 21.8. The maximum atomic E-state index is 13.6. The van der Waals surface area contributed by atoms with Crippen molar-refractivity contribution in [3.05, 3.63) is 95.6 Å². The first-order chi connectivity index (χ1) is 18.9. The number of benzene rings is 3. The van der Waals surface area contributed by atoms with Gasteiger partial charge in [-0.1, -0.05) is 73.3 Å². The molecule has 0 aliphatic carbocycles. The Balaban J connectivity index is 1.34. The minimum atomic E-state index is -0.867. The molecule has 198 valence electrons. The van der Waals surface area contributed by atoms with Gasteiger partial charge < -0.3 is 10.6 Å². The second kappa shape index (κ2) is 11.7. The van der Waals surface area contributed by atoms with Crippen molar-refractivity contribution >= 4 is 51.9 Å². The molecule has 3 aromatic rings. The van der Waals surface area contributed by atoms with Gasteiger partial charge in [0.25, 0.3) is 5.91 Å². The van der Waals surface area contributed by atoms with Gasteiger partial charge in [-0.25, -0.2) is 9.89 Å². The second-order valence-corrected chi connectivity index (χ2v) is 10.6. The van der Waals surface area contributed by atoms with Crippen LogP contribution in [-0.2, 0) is 20.9 Å². The van der Waals surface area contributed by atoms with E-state index in [2.05, 4.69) is 15.6 Å². The molecule has 0 saturated carbocycles. The fraction of sp³-hybridized carbons (Fsp3) is 0.233. The van der Waals surface area contributed by atoms with Crippen LogP contribution in [0.4, 0.5) is 11.4 Å². The van der Waals surface area contributed by atoms with E-state index in [1.54, 1.807) is 0 Å². The summed E-state index contributed by atoms with van der Waals surface area (Å²) in [6, 6.07) is 23.8. The predicted molar refractivity (Wildman–Crippen MR) is 155 cm³/mol. The summed E-state index contributed by atoms with van der Waals surface area (Å²) in [6.45, 7) is 4.26. The summed E-state index contributed by atoms with van der Waals surface area (Å²) in [7, 11) is 0. The Morgan fingerprint density at radius 3 is 2.56 bits per heavy atom. The molecule has 2 N–H and O–H groups in total. The molecule has 3 amide bonds. The first-order valence-electron chi connectivity index (χ1n) is 12.9. The van der Waals surface area contributed by atoms with Crippen molar-refractivity contribution in [2.45, 2.75) is 44.5 Å². The molecule has 0 unspecified atom stereocenters. The van der Waals surface area contributed by atoms with Gasteiger partial charge in [-0.2, -0.15) is 0 Å². The molecule has 2 aliphatic heterocycles. The quantitative estimate of drug-likeness (QED) is 0.429. The molecule has 2 aliphatic rings. The molecule has 9 heteroatoms. The van der Waals surface area contributed by atoms with Crippen LogP contribution in [0.5, 0.6) is 0 Å². The van der Waals surface area contributed by atoms with Crippen LogP contribution in [0.25, 0.3) is 0 Å². The van der Waals surface area contributed by atoms with Gasteiger partial charge in [0.15, 0.2) is 5.17 Å². The third kappa shape index (κ3) is 5.93. The van der Waals surface area contributed by atoms with Crippen LogP contribution in [0, 0.1) is 6.92 Å². The van der Waals surface area contributed by atoms with Crippen molar-refractivity contribution in [3.63, 3.8) is 0 Å². The first kappa shape index (κ1) is 26.4. The molecule has 0 bridgehead atoms. The number of para-hydroxylation sites is 1. The molecule has 2 atom stereocenters. The van der Waals surface area contributed by atoms with E-state index in [1.807, 2.05) is 92.7 Å². The van der Waals surface area contributed by atoms with Gasteiger partial charge in [-0.05, 0) is 48.7 Å². The number of nitrogens with one attached hydrogen (secondary N) is 2. The van der Waals surface area contributed by atoms with Crippen LogP contribution in [-0.4, -0.2) is 44.9 Å². The van der Waals surface area contributed by atoms with Crippen molar-refractivity contribution in [3.8, 4) is 0 Å². The highest BCUT2D eigenvalue weighted by Crippen LogP contribution is 2.35. The average molecular weight is 540 g/mol. The molecule has 0 saturated heterocycles. The highest BCUT2D eigenvalue weighted by atomic mass is 32.2. The lowest BCUT2D eigenvalue weighted by Crippen LogP contribution is -2.43. The number of aryl methyl sites for hydroxylation is 1. The van der Waals surface area contributed by atoms with Gasteiger partial charge in [0.2, 0.25) is 11.8 Å². The fourth-order valence-corrected chi connectivity index (χ4v) is 5.47. The minimum absolute atomic E-state index is 0.0726. The lowest BCUT2D eigenvalue weighted by atomic mass is 10.1. The highest BCUT2D eigenvalue weighted by Gasteiger charge is 2.43. The number of hydrogen-bond donors (Lipinski definition) is 2. The van der Waals surface area contributed by atoms with E-state index >= 15 is 0 Å². The standard InChI is InChI=1S/C30H29N5O3S/c1-3-25(28(37)32-21-13-9-10-19(2)16-21)39-30-34-23-15-8-7-14-22(23)27-33-24(29(38)35(27)30)17-26(36)31-18-20-11-5-4-6-12-20/h4-16,24-25H,3,17-18H2,1-2H3,(H,31,36)(H,32,37)/t24-,25+/m1/s1. The zero-order valence-corrected chi connectivity index (χ0v) is 22.6. The van der Waals surface area contributed by atoms with E-state index in [1.165, 1.54) is 16.7 Å². The van der Waals surface area contributed by atoms with Crippen molar-refractivity contribution in [1.29, 1.82) is 0 Å². The van der Waals surface area contributed by atoms with E-state index in [-0.39, 0.29) is 24.1 Å². The summed E-state index contributed by atoms with van der Waals surface area (Å²) >= 11 is 1.23. The number of carbonyl (C=O) groups excluding carboxylic acids is 3. The molecule has 39 heavy (non-hydrogen) atoms. The largest absolute Gasteiger partial charge is 0.352 e. The van der Waals surface area contributed by atoms with Gasteiger partial charge >= 0.3 is 0 Å². The SMILES string of the molecule is CC[C@H](SC1=Nc2ccccc2C2=N[C@H](CC(=O)NCc3ccccc3)C(=O)N12)C(=O)Nc1cccc(C)c1. The zero-order chi connectivity index (χ0) is 27.4. The van der Waals surface area contributed by atoms with Crippen molar-refractivity contribution in [2.24, 2.45) is 9.98 Å². The number of nitrogens with zero attached hydrogens (tertiary/aromatic N) is 3. The highest BCUT2D eigenvalue weighted by molar-refractivity contribution is 8.15. The molecule has 8 nitrogen and oxygen atoms in total. The molecule has 0 radical (unpaired) electrons. The third-order valence-corrected chi connectivity index (χ3v) is 7.77. The van der Waals surface area contributed by atoms with Gasteiger partial charge in [0.1, 0.15) is 11.9 Å². The summed E-state index contributed by atoms with van der Waals surface area (Å²) in [5.74, 6) is -0.293. The normalized spacial score (nSPS) is 16.5. The van der Waals surface area contributed by atoms with E-state index in [4.69, 9.17) is 4.99 Å². The summed E-state index contributed by atoms with van der Waals surface area (Å²) in [5.41, 5.74) is 4.13. The van der Waals surface area contributed by atoms with Crippen molar-refractivity contribution in [1.82, 2.24) is 10.2 Å². The molecule has 0 fully saturated rings. The number of hydrogen-bond acceptors (Lipinski definition) is 6. The van der Waals surface area contributed by atoms with Crippen LogP contribution in [0.2, 0.25) is 0 Å². The maximum Gasteiger partial charge on any atom is 0.259 e. The van der Waals surface area contributed by atoms with Gasteiger partial charge in [-0.3, -0.25) is 19.4 Å². The van der Waals surface area contributed by atoms with Crippen LogP contribution in [0.15, 0.2) is 88.8 Å². The maximum absolute atomic E-state index is 13.6. The Hall–Kier alpha value is -4.24. The van der Waals surface area contributed by atoms with E-state index in [0.717, 1.165) is 22.4 Å². The number of rotatable bonds is 8. The molecule has 2 heterocycles. The van der Waals surface area contributed by atoms with Crippen LogP contribution >= 0.6 is 11.8 Å². The van der Waals surface area contributed by atoms with Crippen LogP contribution < -0.4 is 10.6 Å². The Kier molecular flexibility index (Phi) is 7.88. The van der Waals surface area contributed by atoms with E-state index in [9.17, 15) is 14.4 Å². The smallest absolute Gasteiger partial charge is 0.259 e. The summed E-state index contributed by atoms with van der Waals surface area (Å²) < 4.78 is 0. The molecule has 3 aromatic carbocycles. The molecule has 0 aromatic heterocycles. The van der Waals surface area contributed by atoms with Gasteiger partial charge in [0, 0.05) is 17.8 Å². The number of fused-ring (bicyclic) bond motifs is 3. The van der Waals surface area contributed by atoms with Crippen LogP contribution in [0.1, 0.15) is 36.5 Å². The number of thioether (sulfide) groups is 1. The van der Waals surface area contributed by atoms with Crippen LogP contribution in [0.3, 0.4) is 0 Å². The summed E-state index contributed by atoms with van der Waals surface area (Å²) in [5, 5.41) is 5.74. The average Bonchev–Trinajstić information content (AvgIpc) is 3.27. The Labute approximate surface area is 231 Å². The number of amides is 3. The number of carbonyl (C=O) groups is 3. The lowest BCUT2D eigenvalue weighted by molar-refractivity contribution is -0.128. The number of aliphatic imine (C=N–C) groups is 2. The van der Waals surface area contributed by atoms with Crippen molar-refractivity contribution in [2.75, 3.05) is 5.32 Å². The number of amidine groups is 2. The third-order valence-electron chi connectivity index (χ3n) is 6.46.